The normalized spacial score (nSPS) is 15.0. The van der Waals surface area contributed by atoms with Gasteiger partial charge in [0.25, 0.3) is 0 Å². The van der Waals surface area contributed by atoms with Crippen molar-refractivity contribution in [2.45, 2.75) is 25.8 Å². The van der Waals surface area contributed by atoms with E-state index in [1.807, 2.05) is 0 Å². The Hall–Kier alpha value is -2.58. The maximum absolute atomic E-state index is 11.7. The molecule has 0 aromatic carbocycles. The van der Waals surface area contributed by atoms with Crippen molar-refractivity contribution in [2.24, 2.45) is 0 Å². The summed E-state index contributed by atoms with van der Waals surface area (Å²) in [6.45, 7) is 3.39. The zero-order valence-electron chi connectivity index (χ0n) is 14.2. The molecule has 0 aliphatic carbocycles. The number of ether oxygens (including phenoxy) is 1. The second-order valence-corrected chi connectivity index (χ2v) is 5.80. The van der Waals surface area contributed by atoms with Gasteiger partial charge in [0.15, 0.2) is 0 Å². The standard InChI is InChI=1S/C15H23N5O4/c1-4-24-15(21)19-9-7-11(8-10-19)16-13-6-5-12(20(22)23)14(17-13)18(2)3/h5-6,11H,4,7-10H2,1-3H3,(H,16,17). The van der Waals surface area contributed by atoms with Gasteiger partial charge in [-0.1, -0.05) is 0 Å². The molecule has 1 aliphatic rings. The Morgan fingerprint density at radius 3 is 2.67 bits per heavy atom. The van der Waals surface area contributed by atoms with Crippen molar-refractivity contribution in [3.8, 4) is 0 Å². The van der Waals surface area contributed by atoms with E-state index in [4.69, 9.17) is 4.74 Å². The van der Waals surface area contributed by atoms with E-state index in [1.165, 1.54) is 6.07 Å². The minimum Gasteiger partial charge on any atom is -0.450 e. The van der Waals surface area contributed by atoms with E-state index in [-0.39, 0.29) is 17.8 Å². The number of likely N-dealkylation sites (tertiary alicyclic amines) is 1. The van der Waals surface area contributed by atoms with Crippen LogP contribution in [0, 0.1) is 10.1 Å². The highest BCUT2D eigenvalue weighted by Crippen LogP contribution is 2.27. The number of pyridine rings is 1. The Bertz CT molecular complexity index is 600. The molecule has 132 valence electrons. The molecule has 0 unspecified atom stereocenters. The first-order valence-corrected chi connectivity index (χ1v) is 7.93. The fourth-order valence-corrected chi connectivity index (χ4v) is 2.62. The van der Waals surface area contributed by atoms with Crippen molar-refractivity contribution in [1.29, 1.82) is 0 Å². The Labute approximate surface area is 140 Å². The first kappa shape index (κ1) is 17.8. The molecule has 24 heavy (non-hydrogen) atoms. The van der Waals surface area contributed by atoms with Crippen LogP contribution in [0.1, 0.15) is 19.8 Å². The molecule has 1 amide bonds. The summed E-state index contributed by atoms with van der Waals surface area (Å²) >= 11 is 0. The van der Waals surface area contributed by atoms with E-state index in [1.54, 1.807) is 36.9 Å². The van der Waals surface area contributed by atoms with E-state index in [9.17, 15) is 14.9 Å². The fraction of sp³-hybridized carbons (Fsp3) is 0.600. The van der Waals surface area contributed by atoms with Crippen molar-refractivity contribution in [2.75, 3.05) is 44.0 Å². The molecule has 9 heteroatoms. The van der Waals surface area contributed by atoms with Gasteiger partial charge >= 0.3 is 11.8 Å². The number of nitrogens with one attached hydrogen (secondary N) is 1. The average molecular weight is 337 g/mol. The lowest BCUT2D eigenvalue weighted by molar-refractivity contribution is -0.384. The van der Waals surface area contributed by atoms with Gasteiger partial charge in [-0.05, 0) is 25.8 Å². The summed E-state index contributed by atoms with van der Waals surface area (Å²) in [4.78, 5) is 29.9. The number of amides is 1. The van der Waals surface area contributed by atoms with Gasteiger partial charge in [0.2, 0.25) is 5.82 Å². The summed E-state index contributed by atoms with van der Waals surface area (Å²) in [6, 6.07) is 3.24. The quantitative estimate of drug-likeness (QED) is 0.648. The minimum absolute atomic E-state index is 0.0253. The van der Waals surface area contributed by atoms with Crippen molar-refractivity contribution in [3.05, 3.63) is 22.2 Å². The van der Waals surface area contributed by atoms with Crippen LogP contribution in [-0.2, 0) is 4.74 Å². The van der Waals surface area contributed by atoms with Crippen LogP contribution in [0.15, 0.2) is 12.1 Å². The monoisotopic (exact) mass is 337 g/mol. The van der Waals surface area contributed by atoms with Gasteiger partial charge in [-0.3, -0.25) is 10.1 Å². The number of hydrogen-bond donors (Lipinski definition) is 1. The van der Waals surface area contributed by atoms with Crippen LogP contribution < -0.4 is 10.2 Å². The number of anilines is 2. The number of nitrogens with zero attached hydrogens (tertiary/aromatic N) is 4. The van der Waals surface area contributed by atoms with Crippen LogP contribution >= 0.6 is 0 Å². The molecule has 1 N–H and O–H groups in total. The van der Waals surface area contributed by atoms with Gasteiger partial charge in [0, 0.05) is 39.3 Å². The molecule has 0 saturated carbocycles. The predicted molar refractivity (Wildman–Crippen MR) is 90.5 cm³/mol. The number of nitro groups is 1. The fourth-order valence-electron chi connectivity index (χ4n) is 2.62. The first-order valence-electron chi connectivity index (χ1n) is 7.93. The predicted octanol–water partition coefficient (Wildman–Crippen LogP) is 2.09. The summed E-state index contributed by atoms with van der Waals surface area (Å²) < 4.78 is 5.00. The average Bonchev–Trinajstić information content (AvgIpc) is 2.55. The molecule has 2 heterocycles. The van der Waals surface area contributed by atoms with Crippen molar-refractivity contribution in [1.82, 2.24) is 9.88 Å². The number of hydrogen-bond acceptors (Lipinski definition) is 7. The summed E-state index contributed by atoms with van der Waals surface area (Å²) in [5, 5.41) is 14.3. The summed E-state index contributed by atoms with van der Waals surface area (Å²) in [6.07, 6.45) is 1.27. The Kier molecular flexibility index (Phi) is 5.78. The second kappa shape index (κ2) is 7.80. The third kappa shape index (κ3) is 4.24. The van der Waals surface area contributed by atoms with E-state index in [2.05, 4.69) is 10.3 Å². The Morgan fingerprint density at radius 2 is 2.12 bits per heavy atom. The largest absolute Gasteiger partial charge is 0.450 e. The van der Waals surface area contributed by atoms with Gasteiger partial charge in [0.05, 0.1) is 11.5 Å². The molecule has 0 radical (unpaired) electrons. The molecule has 1 fully saturated rings. The molecule has 0 bridgehead atoms. The molecule has 0 atom stereocenters. The highest BCUT2D eigenvalue weighted by molar-refractivity contribution is 5.67. The molecule has 0 spiro atoms. The van der Waals surface area contributed by atoms with Gasteiger partial charge in [0.1, 0.15) is 5.82 Å². The molecule has 1 aliphatic heterocycles. The zero-order chi connectivity index (χ0) is 17.7. The topological polar surface area (TPSA) is 101 Å². The third-order valence-electron chi connectivity index (χ3n) is 3.85. The lowest BCUT2D eigenvalue weighted by Gasteiger charge is -2.32. The minimum atomic E-state index is -0.441. The Morgan fingerprint density at radius 1 is 1.46 bits per heavy atom. The zero-order valence-corrected chi connectivity index (χ0v) is 14.2. The van der Waals surface area contributed by atoms with Crippen LogP contribution in [0.5, 0.6) is 0 Å². The van der Waals surface area contributed by atoms with Gasteiger partial charge in [-0.15, -0.1) is 0 Å². The van der Waals surface area contributed by atoms with Crippen LogP contribution in [0.25, 0.3) is 0 Å². The molecule has 1 aromatic heterocycles. The highest BCUT2D eigenvalue weighted by Gasteiger charge is 2.24. The third-order valence-corrected chi connectivity index (χ3v) is 3.85. The maximum Gasteiger partial charge on any atom is 0.409 e. The molecule has 1 aromatic rings. The smallest absolute Gasteiger partial charge is 0.409 e. The highest BCUT2D eigenvalue weighted by atomic mass is 16.6. The van der Waals surface area contributed by atoms with Crippen molar-refractivity contribution < 1.29 is 14.5 Å². The number of piperidine rings is 1. The number of carbonyl (C=O) groups is 1. The van der Waals surface area contributed by atoms with Gasteiger partial charge < -0.3 is 19.9 Å². The summed E-state index contributed by atoms with van der Waals surface area (Å²) in [7, 11) is 3.44. The van der Waals surface area contributed by atoms with Crippen molar-refractivity contribution in [3.63, 3.8) is 0 Å². The summed E-state index contributed by atoms with van der Waals surface area (Å²) in [5.74, 6) is 0.910. The number of carbonyl (C=O) groups excluding carboxylic acids is 1. The second-order valence-electron chi connectivity index (χ2n) is 5.80. The molecular weight excluding hydrogens is 314 g/mol. The number of rotatable bonds is 5. The lowest BCUT2D eigenvalue weighted by Crippen LogP contribution is -2.42. The van der Waals surface area contributed by atoms with Crippen LogP contribution in [0.3, 0.4) is 0 Å². The molecule has 9 nitrogen and oxygen atoms in total. The summed E-state index contributed by atoms with van der Waals surface area (Å²) in [5.41, 5.74) is -0.0253. The maximum atomic E-state index is 11.7. The van der Waals surface area contributed by atoms with Crippen LogP contribution in [-0.4, -0.2) is 60.7 Å². The number of aromatic nitrogens is 1. The van der Waals surface area contributed by atoms with E-state index >= 15 is 0 Å². The lowest BCUT2D eigenvalue weighted by atomic mass is 10.1. The first-order chi connectivity index (χ1) is 11.4. The van der Waals surface area contributed by atoms with Gasteiger partial charge in [-0.2, -0.15) is 0 Å². The van der Waals surface area contributed by atoms with Crippen LogP contribution in [0.4, 0.5) is 22.1 Å². The molecule has 2 rings (SSSR count). The van der Waals surface area contributed by atoms with Crippen LogP contribution in [0.2, 0.25) is 0 Å². The van der Waals surface area contributed by atoms with E-state index < -0.39 is 4.92 Å². The van der Waals surface area contributed by atoms with E-state index in [0.29, 0.717) is 31.3 Å². The molecular formula is C15H23N5O4. The Balaban J connectivity index is 1.99. The SMILES string of the molecule is CCOC(=O)N1CCC(Nc2ccc([N+](=O)[O-])c(N(C)C)n2)CC1. The van der Waals surface area contributed by atoms with E-state index in [0.717, 1.165) is 12.8 Å². The van der Waals surface area contributed by atoms with Gasteiger partial charge in [-0.25, -0.2) is 9.78 Å². The molecule has 1 saturated heterocycles. The van der Waals surface area contributed by atoms with Crippen molar-refractivity contribution >= 4 is 23.4 Å².